The van der Waals surface area contributed by atoms with E-state index in [1.54, 1.807) is 0 Å². The maximum atomic E-state index is 12.0. The van der Waals surface area contributed by atoms with Crippen molar-refractivity contribution in [2.75, 3.05) is 25.4 Å². The zero-order valence-corrected chi connectivity index (χ0v) is 42.3. The van der Waals surface area contributed by atoms with Gasteiger partial charge in [-0.3, -0.25) is 14.4 Å². The summed E-state index contributed by atoms with van der Waals surface area (Å²) in [4.78, 5) is 35.3. The molecular formula is C57H89N3O3S2. The Kier molecular flexibility index (Phi) is 49.6. The van der Waals surface area contributed by atoms with Crippen molar-refractivity contribution in [3.63, 3.8) is 0 Å². The van der Waals surface area contributed by atoms with Gasteiger partial charge in [0.15, 0.2) is 0 Å². The first-order valence-electron chi connectivity index (χ1n) is 24.9. The highest BCUT2D eigenvalue weighted by Crippen LogP contribution is 2.39. The minimum atomic E-state index is 0.0694. The third-order valence-corrected chi connectivity index (χ3v) is 12.7. The summed E-state index contributed by atoms with van der Waals surface area (Å²) < 4.78 is 0. The lowest BCUT2D eigenvalue weighted by molar-refractivity contribution is -0.122. The molecule has 2 amide bonds. The molecule has 1 rings (SSSR count). The number of ketones is 1. The Morgan fingerprint density at radius 1 is 0.462 bits per heavy atom. The molecule has 0 unspecified atom stereocenters. The normalized spacial score (nSPS) is 15.0. The van der Waals surface area contributed by atoms with Crippen molar-refractivity contribution < 1.29 is 14.4 Å². The maximum absolute atomic E-state index is 12.0. The molecule has 0 aromatic rings. The van der Waals surface area contributed by atoms with Gasteiger partial charge in [0.1, 0.15) is 5.78 Å². The molecule has 0 bridgehead atoms. The van der Waals surface area contributed by atoms with Crippen LogP contribution in [0.3, 0.4) is 0 Å². The Bertz CT molecular complexity index is 1510. The van der Waals surface area contributed by atoms with Gasteiger partial charge in [0.05, 0.1) is 0 Å². The van der Waals surface area contributed by atoms with Crippen LogP contribution < -0.4 is 16.4 Å². The van der Waals surface area contributed by atoms with E-state index in [9.17, 15) is 14.4 Å². The number of nitrogens with two attached hydrogens (primary N) is 1. The average Bonchev–Trinajstić information content (AvgIpc) is 3.84. The number of nitrogens with one attached hydrogen (secondary N) is 2. The molecule has 4 N–H and O–H groups in total. The van der Waals surface area contributed by atoms with E-state index in [4.69, 9.17) is 5.73 Å². The van der Waals surface area contributed by atoms with E-state index in [1.807, 2.05) is 21.6 Å². The second kappa shape index (κ2) is 52.8. The highest BCUT2D eigenvalue weighted by Gasteiger charge is 2.15. The van der Waals surface area contributed by atoms with Crippen LogP contribution in [0.2, 0.25) is 0 Å². The van der Waals surface area contributed by atoms with Crippen LogP contribution in [-0.2, 0) is 14.4 Å². The Morgan fingerprint density at radius 3 is 1.17 bits per heavy atom. The molecule has 1 atom stereocenters. The standard InChI is InChI=1S/C33H51NO2S2.C24H38N2O/c1-2-3-4-5-6-7-8-9-10-11-12-13-14-15-16-17-18-19-20-27-33(36)34-29-23-25-31(35)24-21-22-26-32-28-30-37-38-32;1-2-3-4-5-6-7-8-9-10-11-12-13-14-15-16-17-18-19-20-21-24(27)26-23-22-25/h3-4,6-7,9-10,12-13,15-16,18-19,32H,2,5,8,11,14,17,20-30H2,1H3,(H,34,36);3-4,6-7,9-10,12-13,15-16,18-19H,2,5,8,11,14,17,20-23,25H2,1H3,(H,26,27)/b2*4-3-,7-6-,10-9-,13-12-,16-15-,19-18-/t32-;/m1./s1. The minimum Gasteiger partial charge on any atom is -0.356 e. The summed E-state index contributed by atoms with van der Waals surface area (Å²) in [6.45, 7) is 5.96. The van der Waals surface area contributed by atoms with E-state index < -0.39 is 0 Å². The van der Waals surface area contributed by atoms with Crippen LogP contribution in [0.4, 0.5) is 0 Å². The number of amides is 2. The van der Waals surface area contributed by atoms with Gasteiger partial charge in [-0.05, 0) is 116 Å². The number of Topliss-reactive ketones (excluding diaryl/α,β-unsaturated/α-hetero) is 1. The quantitative estimate of drug-likeness (QED) is 0.0322. The van der Waals surface area contributed by atoms with E-state index in [0.717, 1.165) is 114 Å². The summed E-state index contributed by atoms with van der Waals surface area (Å²) in [6.07, 6.45) is 73.7. The monoisotopic (exact) mass is 928 g/mol. The van der Waals surface area contributed by atoms with Gasteiger partial charge in [0.2, 0.25) is 11.8 Å². The Balaban J connectivity index is 0.00000134. The van der Waals surface area contributed by atoms with Gasteiger partial charge in [-0.1, -0.05) is 188 Å². The van der Waals surface area contributed by atoms with Gasteiger partial charge in [-0.15, -0.1) is 0 Å². The molecule has 65 heavy (non-hydrogen) atoms. The summed E-state index contributed by atoms with van der Waals surface area (Å²) in [5.74, 6) is 1.76. The lowest BCUT2D eigenvalue weighted by atomic mass is 10.1. The fraction of sp³-hybridized carbons (Fsp3) is 0.526. The van der Waals surface area contributed by atoms with E-state index in [0.29, 0.717) is 51.1 Å². The van der Waals surface area contributed by atoms with Crippen LogP contribution in [0, 0.1) is 0 Å². The fourth-order valence-electron chi connectivity index (χ4n) is 5.99. The van der Waals surface area contributed by atoms with E-state index in [2.05, 4.69) is 170 Å². The van der Waals surface area contributed by atoms with E-state index >= 15 is 0 Å². The van der Waals surface area contributed by atoms with Crippen molar-refractivity contribution in [1.29, 1.82) is 0 Å². The summed E-state index contributed by atoms with van der Waals surface area (Å²) in [5, 5.41) is 6.50. The summed E-state index contributed by atoms with van der Waals surface area (Å²) in [5.41, 5.74) is 5.33. The van der Waals surface area contributed by atoms with Crippen LogP contribution >= 0.6 is 21.6 Å². The SMILES string of the molecule is CC/C=C\C/C=C\C/C=C\C/C=C\C/C=C\C/C=C\CCC(=O)NCCCC(=O)CCCC[C@@H]1CCSS1.CC/C=C\C/C=C\C/C=C\C/C=C\C/C=C\C/C=C\CCC(=O)NCCN. The Hall–Kier alpha value is -3.85. The number of carbonyl (C=O) groups is 3. The van der Waals surface area contributed by atoms with Crippen LogP contribution in [-0.4, -0.2) is 48.2 Å². The van der Waals surface area contributed by atoms with Crippen molar-refractivity contribution >= 4 is 39.2 Å². The van der Waals surface area contributed by atoms with Crippen LogP contribution in [0.15, 0.2) is 146 Å². The highest BCUT2D eigenvalue weighted by atomic mass is 33.1. The molecule has 362 valence electrons. The molecule has 0 spiro atoms. The molecule has 1 heterocycles. The molecule has 0 aromatic carbocycles. The molecule has 0 aliphatic carbocycles. The average molecular weight is 928 g/mol. The van der Waals surface area contributed by atoms with Crippen molar-refractivity contribution in [2.24, 2.45) is 5.73 Å². The number of unbranched alkanes of at least 4 members (excludes halogenated alkanes) is 1. The molecule has 6 nitrogen and oxygen atoms in total. The maximum Gasteiger partial charge on any atom is 0.220 e. The predicted molar refractivity (Wildman–Crippen MR) is 291 cm³/mol. The van der Waals surface area contributed by atoms with Gasteiger partial charge < -0.3 is 16.4 Å². The number of hydrogen-bond acceptors (Lipinski definition) is 6. The Labute approximate surface area is 405 Å². The first kappa shape index (κ1) is 61.1. The zero-order chi connectivity index (χ0) is 47.2. The number of hydrogen-bond donors (Lipinski definition) is 3. The largest absolute Gasteiger partial charge is 0.356 e. The molecule has 8 heteroatoms. The van der Waals surface area contributed by atoms with E-state index in [-0.39, 0.29) is 11.8 Å². The van der Waals surface area contributed by atoms with Gasteiger partial charge in [0, 0.05) is 56.3 Å². The smallest absolute Gasteiger partial charge is 0.220 e. The lowest BCUT2D eigenvalue weighted by Crippen LogP contribution is -2.28. The molecule has 1 aliphatic heterocycles. The molecule has 1 aliphatic rings. The van der Waals surface area contributed by atoms with E-state index in [1.165, 1.54) is 18.6 Å². The van der Waals surface area contributed by atoms with Crippen LogP contribution in [0.5, 0.6) is 0 Å². The highest BCUT2D eigenvalue weighted by molar-refractivity contribution is 8.77. The van der Waals surface area contributed by atoms with Crippen molar-refractivity contribution in [3.8, 4) is 0 Å². The third kappa shape index (κ3) is 51.0. The molecular weight excluding hydrogens is 839 g/mol. The molecule has 0 aromatic heterocycles. The van der Waals surface area contributed by atoms with Gasteiger partial charge in [-0.2, -0.15) is 0 Å². The minimum absolute atomic E-state index is 0.0694. The van der Waals surface area contributed by atoms with Crippen LogP contribution in [0.25, 0.3) is 0 Å². The fourth-order valence-corrected chi connectivity index (χ4v) is 9.02. The topological polar surface area (TPSA) is 101 Å². The van der Waals surface area contributed by atoms with Crippen molar-refractivity contribution in [1.82, 2.24) is 10.6 Å². The number of rotatable bonds is 39. The number of carbonyl (C=O) groups excluding carboxylic acids is 3. The second-order valence-corrected chi connectivity index (χ2v) is 18.4. The molecule has 1 fully saturated rings. The summed E-state index contributed by atoms with van der Waals surface area (Å²) in [7, 11) is 4.00. The van der Waals surface area contributed by atoms with Crippen molar-refractivity contribution in [3.05, 3.63) is 146 Å². The predicted octanol–water partition coefficient (Wildman–Crippen LogP) is 15.2. The van der Waals surface area contributed by atoms with Crippen LogP contribution in [0.1, 0.15) is 162 Å². The molecule has 0 radical (unpaired) electrons. The van der Waals surface area contributed by atoms with Gasteiger partial charge in [-0.25, -0.2) is 0 Å². The molecule has 0 saturated carbocycles. The Morgan fingerprint density at radius 2 is 0.815 bits per heavy atom. The lowest BCUT2D eigenvalue weighted by Gasteiger charge is -2.07. The van der Waals surface area contributed by atoms with Crippen molar-refractivity contribution in [2.45, 2.75) is 167 Å². The second-order valence-electron chi connectivity index (χ2n) is 15.6. The number of allylic oxidation sites excluding steroid dienone is 24. The third-order valence-electron chi connectivity index (χ3n) is 9.65. The summed E-state index contributed by atoms with van der Waals surface area (Å²) >= 11 is 0. The molecule has 1 saturated heterocycles. The zero-order valence-electron chi connectivity index (χ0n) is 40.6. The van der Waals surface area contributed by atoms with Gasteiger partial charge >= 0.3 is 0 Å². The summed E-state index contributed by atoms with van der Waals surface area (Å²) in [6, 6.07) is 0. The first-order valence-corrected chi connectivity index (χ1v) is 27.2. The van der Waals surface area contributed by atoms with Gasteiger partial charge in [0.25, 0.3) is 0 Å². The first-order chi connectivity index (χ1) is 32.0.